The summed E-state index contributed by atoms with van der Waals surface area (Å²) < 4.78 is 18.2. The van der Waals surface area contributed by atoms with E-state index in [9.17, 15) is 0 Å². The standard InChI is InChI=1S/C64H46N6O/c1-64(2,3)42-34-35-65-63(36-42)70-59-33-29-46(69-55-23-10-7-20-49(55)50-21-8-11-24-56(50)69)39-54(59)52-31-30-48(40-62(52)70)71-47-19-15-18-44(37-47)66-41-67(61-27-14-13-26-60(61)66)45-28-32-58-53(38-45)51-22-9-12-25-57(51)68(58)43-16-5-4-6-17-43/h4-40H,1-3H3. The maximum absolute atomic E-state index is 6.85. The molecule has 7 nitrogen and oxygen atoms in total. The molecule has 0 atom stereocenters. The summed E-state index contributed by atoms with van der Waals surface area (Å²) in [5, 5.41) is 7.13. The number of hydrogen-bond acceptors (Lipinski definition) is 2. The first-order chi connectivity index (χ1) is 34.8. The summed E-state index contributed by atoms with van der Waals surface area (Å²) in [6, 6.07) is 77.6. The number of para-hydroxylation sites is 6. The molecule has 0 saturated heterocycles. The van der Waals surface area contributed by atoms with Crippen LogP contribution < -0.4 is 9.30 Å². The van der Waals surface area contributed by atoms with Crippen LogP contribution in [0.5, 0.6) is 11.5 Å². The van der Waals surface area contributed by atoms with Crippen LogP contribution in [-0.2, 0) is 5.41 Å². The van der Waals surface area contributed by atoms with E-state index in [1.807, 2.05) is 12.3 Å². The molecule has 0 aliphatic heterocycles. The molecule has 338 valence electrons. The number of aromatic nitrogens is 6. The SMILES string of the molecule is CC(C)(C)c1ccnc(-n2c3ccc(-n4c5ccccc5c5ccccc54)cc3c3ccc(Oc4cccc(-n5[c-][n+](-c6ccc7c(c6)c6ccccc6n7-c6ccccc6)c6ccccc65)c4)cc32)c1. The Hall–Kier alpha value is -9.20. The van der Waals surface area contributed by atoms with E-state index in [2.05, 4.69) is 262 Å². The summed E-state index contributed by atoms with van der Waals surface area (Å²) in [6.07, 6.45) is 5.67. The van der Waals surface area contributed by atoms with Crippen LogP contribution in [0.1, 0.15) is 26.3 Å². The van der Waals surface area contributed by atoms with E-state index in [4.69, 9.17) is 9.72 Å². The van der Waals surface area contributed by atoms with Crippen LogP contribution in [0.2, 0.25) is 0 Å². The Labute approximate surface area is 409 Å². The zero-order valence-corrected chi connectivity index (χ0v) is 39.5. The molecule has 0 aliphatic rings. The molecule has 0 fully saturated rings. The van der Waals surface area contributed by atoms with Crippen molar-refractivity contribution in [3.05, 3.63) is 236 Å². The molecule has 0 unspecified atom stereocenters. The van der Waals surface area contributed by atoms with Crippen LogP contribution in [0.4, 0.5) is 0 Å². The highest BCUT2D eigenvalue weighted by molar-refractivity contribution is 6.13. The second kappa shape index (κ2) is 15.7. The van der Waals surface area contributed by atoms with Crippen molar-refractivity contribution >= 4 is 76.5 Å². The van der Waals surface area contributed by atoms with Crippen LogP contribution in [0.3, 0.4) is 0 Å². The average molecular weight is 915 g/mol. The Balaban J connectivity index is 0.872. The van der Waals surface area contributed by atoms with Crippen molar-refractivity contribution in [1.82, 2.24) is 23.3 Å². The van der Waals surface area contributed by atoms with Gasteiger partial charge in [-0.1, -0.05) is 124 Å². The lowest BCUT2D eigenvalue weighted by molar-refractivity contribution is -0.572. The van der Waals surface area contributed by atoms with Gasteiger partial charge < -0.3 is 13.9 Å². The number of fused-ring (bicyclic) bond motifs is 10. The number of imidazole rings is 1. The van der Waals surface area contributed by atoms with Gasteiger partial charge in [-0.15, -0.1) is 0 Å². The van der Waals surface area contributed by atoms with Gasteiger partial charge >= 0.3 is 0 Å². The number of nitrogens with zero attached hydrogens (tertiary/aromatic N) is 6. The Morgan fingerprint density at radius 2 is 0.986 bits per heavy atom. The van der Waals surface area contributed by atoms with E-state index < -0.39 is 0 Å². The first kappa shape index (κ1) is 40.8. The van der Waals surface area contributed by atoms with E-state index >= 15 is 0 Å². The van der Waals surface area contributed by atoms with Gasteiger partial charge in [-0.2, -0.15) is 0 Å². The molecule has 5 aromatic heterocycles. The molecule has 0 bridgehead atoms. The maximum Gasteiger partial charge on any atom is 0.269 e. The van der Waals surface area contributed by atoms with Gasteiger partial charge in [0.25, 0.3) is 6.33 Å². The first-order valence-electron chi connectivity index (χ1n) is 24.2. The van der Waals surface area contributed by atoms with Crippen molar-refractivity contribution in [2.75, 3.05) is 0 Å². The van der Waals surface area contributed by atoms with Crippen LogP contribution in [0.25, 0.3) is 105 Å². The molecule has 71 heavy (non-hydrogen) atoms. The van der Waals surface area contributed by atoms with Gasteiger partial charge in [0.2, 0.25) is 0 Å². The zero-order valence-electron chi connectivity index (χ0n) is 39.5. The van der Waals surface area contributed by atoms with Crippen LogP contribution in [-0.4, -0.2) is 23.3 Å². The third kappa shape index (κ3) is 6.50. The van der Waals surface area contributed by atoms with Gasteiger partial charge in [0, 0.05) is 56.0 Å². The lowest BCUT2D eigenvalue weighted by Crippen LogP contribution is -2.29. The Kier molecular flexibility index (Phi) is 9.01. The van der Waals surface area contributed by atoms with Crippen LogP contribution in [0, 0.1) is 6.33 Å². The Bertz CT molecular complexity index is 4370. The molecule has 14 rings (SSSR count). The molecule has 0 N–H and O–H groups in total. The minimum atomic E-state index is -0.0565. The molecular weight excluding hydrogens is 869 g/mol. The van der Waals surface area contributed by atoms with Gasteiger partial charge in [-0.25, -0.2) is 4.98 Å². The molecule has 0 aliphatic carbocycles. The molecule has 0 radical (unpaired) electrons. The van der Waals surface area contributed by atoms with Crippen molar-refractivity contribution < 1.29 is 9.30 Å². The molecule has 7 heteroatoms. The second-order valence-electron chi connectivity index (χ2n) is 19.5. The zero-order chi connectivity index (χ0) is 47.4. The second-order valence-corrected chi connectivity index (χ2v) is 19.5. The van der Waals surface area contributed by atoms with E-state index in [1.165, 1.54) is 43.7 Å². The summed E-state index contributed by atoms with van der Waals surface area (Å²) in [5.74, 6) is 2.32. The summed E-state index contributed by atoms with van der Waals surface area (Å²) in [5.41, 5.74) is 14.2. The first-order valence-corrected chi connectivity index (χ1v) is 24.2. The lowest BCUT2D eigenvalue weighted by atomic mass is 9.88. The van der Waals surface area contributed by atoms with Crippen molar-refractivity contribution in [1.29, 1.82) is 0 Å². The van der Waals surface area contributed by atoms with Crippen LogP contribution in [0.15, 0.2) is 225 Å². The molecule has 0 saturated carbocycles. The van der Waals surface area contributed by atoms with Crippen molar-refractivity contribution in [3.63, 3.8) is 0 Å². The van der Waals surface area contributed by atoms with E-state index in [1.54, 1.807) is 0 Å². The number of benzene rings is 9. The minimum absolute atomic E-state index is 0.0565. The number of pyridine rings is 1. The van der Waals surface area contributed by atoms with Crippen molar-refractivity contribution in [2.45, 2.75) is 26.2 Å². The predicted octanol–water partition coefficient (Wildman–Crippen LogP) is 15.5. The fraction of sp³-hybridized carbons (Fsp3) is 0.0625. The summed E-state index contributed by atoms with van der Waals surface area (Å²) in [7, 11) is 0. The lowest BCUT2D eigenvalue weighted by Gasteiger charge is -2.20. The summed E-state index contributed by atoms with van der Waals surface area (Å²) in [6.45, 7) is 6.74. The minimum Gasteiger partial charge on any atom is -0.458 e. The van der Waals surface area contributed by atoms with E-state index in [0.717, 1.165) is 78.4 Å². The third-order valence-electron chi connectivity index (χ3n) is 14.2. The summed E-state index contributed by atoms with van der Waals surface area (Å²) >= 11 is 0. The smallest absolute Gasteiger partial charge is 0.269 e. The van der Waals surface area contributed by atoms with Crippen molar-refractivity contribution in [3.8, 4) is 40.1 Å². The highest BCUT2D eigenvalue weighted by Gasteiger charge is 2.21. The third-order valence-corrected chi connectivity index (χ3v) is 14.2. The molecule has 9 aromatic carbocycles. The number of rotatable bonds is 7. The topological polar surface area (TPSA) is 45.7 Å². The Morgan fingerprint density at radius 3 is 1.73 bits per heavy atom. The fourth-order valence-corrected chi connectivity index (χ4v) is 10.9. The molecular formula is C64H46N6O. The molecule has 14 aromatic rings. The Morgan fingerprint density at radius 1 is 0.408 bits per heavy atom. The van der Waals surface area contributed by atoms with Crippen molar-refractivity contribution in [2.24, 2.45) is 0 Å². The molecule has 5 heterocycles. The highest BCUT2D eigenvalue weighted by Crippen LogP contribution is 2.40. The maximum atomic E-state index is 6.85. The quantitative estimate of drug-likeness (QED) is 0.118. The van der Waals surface area contributed by atoms with Crippen LogP contribution >= 0.6 is 0 Å². The van der Waals surface area contributed by atoms with Gasteiger partial charge in [-0.05, 0) is 120 Å². The number of ether oxygens (including phenoxy) is 1. The summed E-state index contributed by atoms with van der Waals surface area (Å²) in [4.78, 5) is 5.01. The van der Waals surface area contributed by atoms with E-state index in [0.29, 0.717) is 0 Å². The van der Waals surface area contributed by atoms with Gasteiger partial charge in [0.1, 0.15) is 17.3 Å². The highest BCUT2D eigenvalue weighted by atomic mass is 16.5. The van der Waals surface area contributed by atoms with Gasteiger partial charge in [-0.3, -0.25) is 13.7 Å². The fourth-order valence-electron chi connectivity index (χ4n) is 10.9. The van der Waals surface area contributed by atoms with Gasteiger partial charge in [0.05, 0.1) is 55.5 Å². The predicted molar refractivity (Wildman–Crippen MR) is 290 cm³/mol. The number of hydrogen-bond donors (Lipinski definition) is 0. The van der Waals surface area contributed by atoms with Gasteiger partial charge in [0.15, 0.2) is 0 Å². The monoisotopic (exact) mass is 914 g/mol. The molecule has 0 amide bonds. The largest absolute Gasteiger partial charge is 0.458 e. The average Bonchev–Trinajstić information content (AvgIpc) is 4.15. The normalized spacial score (nSPS) is 12.2. The molecule has 0 spiro atoms. The van der Waals surface area contributed by atoms with E-state index in [-0.39, 0.29) is 5.41 Å².